The predicted octanol–water partition coefficient (Wildman–Crippen LogP) is 3.31. The number of ether oxygens (including phenoxy) is 1. The number of nitrogens with one attached hydrogen (secondary N) is 1. The third kappa shape index (κ3) is 3.67. The minimum absolute atomic E-state index is 0.477. The Morgan fingerprint density at radius 3 is 3.10 bits per heavy atom. The van der Waals surface area contributed by atoms with E-state index in [1.54, 1.807) is 0 Å². The molecule has 2 unspecified atom stereocenters. The van der Waals surface area contributed by atoms with Gasteiger partial charge >= 0.3 is 0 Å². The molecule has 0 spiro atoms. The molecule has 1 saturated carbocycles. The number of halogens is 1. The van der Waals surface area contributed by atoms with Crippen molar-refractivity contribution in [1.82, 2.24) is 10.2 Å². The van der Waals surface area contributed by atoms with Gasteiger partial charge in [0.15, 0.2) is 0 Å². The van der Waals surface area contributed by atoms with Crippen LogP contribution < -0.4 is 5.32 Å². The first-order chi connectivity index (χ1) is 10.3. The van der Waals surface area contributed by atoms with Gasteiger partial charge in [-0.25, -0.2) is 0 Å². The molecule has 1 aliphatic heterocycles. The summed E-state index contributed by atoms with van der Waals surface area (Å²) in [4.78, 5) is 2.62. The van der Waals surface area contributed by atoms with Gasteiger partial charge in [0.2, 0.25) is 0 Å². The van der Waals surface area contributed by atoms with Crippen molar-refractivity contribution >= 4 is 15.9 Å². The van der Waals surface area contributed by atoms with Gasteiger partial charge in [0, 0.05) is 30.1 Å². The molecule has 2 fully saturated rings. The molecule has 1 aromatic carbocycles. The highest BCUT2D eigenvalue weighted by Crippen LogP contribution is 2.31. The fourth-order valence-corrected chi connectivity index (χ4v) is 4.07. The zero-order chi connectivity index (χ0) is 14.7. The molecule has 2 atom stereocenters. The van der Waals surface area contributed by atoms with E-state index in [9.17, 15) is 0 Å². The molecule has 0 bridgehead atoms. The molecule has 0 radical (unpaired) electrons. The average Bonchev–Trinajstić information content (AvgIpc) is 2.97. The first-order valence-electron chi connectivity index (χ1n) is 8.11. The van der Waals surface area contributed by atoms with Crippen LogP contribution in [0, 0.1) is 0 Å². The van der Waals surface area contributed by atoms with Gasteiger partial charge in [-0.1, -0.05) is 35.0 Å². The van der Waals surface area contributed by atoms with E-state index in [4.69, 9.17) is 4.74 Å². The largest absolute Gasteiger partial charge is 0.375 e. The number of rotatable bonds is 5. The van der Waals surface area contributed by atoms with Crippen LogP contribution in [0.2, 0.25) is 0 Å². The van der Waals surface area contributed by atoms with E-state index in [0.29, 0.717) is 12.1 Å². The van der Waals surface area contributed by atoms with Gasteiger partial charge in [-0.15, -0.1) is 0 Å². The number of morpholine rings is 1. The maximum Gasteiger partial charge on any atom is 0.0731 e. The summed E-state index contributed by atoms with van der Waals surface area (Å²) in [6.45, 7) is 7.07. The summed E-state index contributed by atoms with van der Waals surface area (Å²) in [7, 11) is 0. The highest BCUT2D eigenvalue weighted by Gasteiger charge is 2.35. The molecule has 4 heteroatoms. The number of benzene rings is 1. The lowest BCUT2D eigenvalue weighted by molar-refractivity contribution is -0.0588. The molecular weight excluding hydrogens is 328 g/mol. The van der Waals surface area contributed by atoms with Crippen LogP contribution in [0.4, 0.5) is 0 Å². The van der Waals surface area contributed by atoms with Gasteiger partial charge in [-0.3, -0.25) is 4.90 Å². The first kappa shape index (κ1) is 15.5. The number of nitrogens with zero attached hydrogens (tertiary/aromatic N) is 1. The smallest absolute Gasteiger partial charge is 0.0731 e. The monoisotopic (exact) mass is 352 g/mol. The maximum atomic E-state index is 5.90. The Labute approximate surface area is 136 Å². The van der Waals surface area contributed by atoms with Gasteiger partial charge in [0.1, 0.15) is 0 Å². The Bertz CT molecular complexity index is 480. The van der Waals surface area contributed by atoms with Crippen LogP contribution >= 0.6 is 15.9 Å². The molecule has 0 amide bonds. The molecule has 3 nitrogen and oxygen atoms in total. The Morgan fingerprint density at radius 1 is 1.38 bits per heavy atom. The summed E-state index contributed by atoms with van der Waals surface area (Å²) in [5, 5.41) is 3.38. The van der Waals surface area contributed by atoms with Gasteiger partial charge in [-0.05, 0) is 43.0 Å². The van der Waals surface area contributed by atoms with E-state index < -0.39 is 0 Å². The third-order valence-corrected chi connectivity index (χ3v) is 5.41. The van der Waals surface area contributed by atoms with E-state index in [2.05, 4.69) is 51.3 Å². The summed E-state index contributed by atoms with van der Waals surface area (Å²) < 4.78 is 7.14. The molecule has 2 aliphatic rings. The average molecular weight is 353 g/mol. The Balaban J connectivity index is 1.66. The standard InChI is InChI=1S/C17H25BrN2O/c1-2-19-11-13-6-7-14(15(18)10-13)12-20-8-9-21-17-5-3-4-16(17)20/h6-7,10,16-17,19H,2-5,8-9,11-12H2,1H3. The van der Waals surface area contributed by atoms with Crippen molar-refractivity contribution in [3.05, 3.63) is 33.8 Å². The van der Waals surface area contributed by atoms with Gasteiger partial charge < -0.3 is 10.1 Å². The van der Waals surface area contributed by atoms with Crippen LogP contribution in [0.5, 0.6) is 0 Å². The molecule has 1 aromatic rings. The molecule has 3 rings (SSSR count). The lowest BCUT2D eigenvalue weighted by Crippen LogP contribution is -2.47. The fraction of sp³-hybridized carbons (Fsp3) is 0.647. The summed E-state index contributed by atoms with van der Waals surface area (Å²) in [6.07, 6.45) is 4.32. The van der Waals surface area contributed by atoms with Gasteiger partial charge in [0.05, 0.1) is 12.7 Å². The molecule has 1 saturated heterocycles. The molecule has 1 N–H and O–H groups in total. The van der Waals surface area contributed by atoms with Crippen LogP contribution in [0.15, 0.2) is 22.7 Å². The highest BCUT2D eigenvalue weighted by atomic mass is 79.9. The topological polar surface area (TPSA) is 24.5 Å². The third-order valence-electron chi connectivity index (χ3n) is 4.67. The molecule has 1 heterocycles. The van der Waals surface area contributed by atoms with Crippen molar-refractivity contribution in [1.29, 1.82) is 0 Å². The van der Waals surface area contributed by atoms with Crippen molar-refractivity contribution in [2.75, 3.05) is 19.7 Å². The molecule has 1 aliphatic carbocycles. The van der Waals surface area contributed by atoms with Crippen LogP contribution in [0.3, 0.4) is 0 Å². The number of hydrogen-bond donors (Lipinski definition) is 1. The fourth-order valence-electron chi connectivity index (χ4n) is 3.52. The zero-order valence-electron chi connectivity index (χ0n) is 12.8. The normalized spacial score (nSPS) is 26.0. The molecule has 21 heavy (non-hydrogen) atoms. The SMILES string of the molecule is CCNCc1ccc(CN2CCOC3CCCC32)c(Br)c1. The molecular formula is C17H25BrN2O. The van der Waals surface area contributed by atoms with E-state index in [1.807, 2.05) is 0 Å². The zero-order valence-corrected chi connectivity index (χ0v) is 14.4. The first-order valence-corrected chi connectivity index (χ1v) is 8.91. The Kier molecular flexibility index (Phi) is 5.33. The van der Waals surface area contributed by atoms with E-state index in [-0.39, 0.29) is 0 Å². The van der Waals surface area contributed by atoms with Crippen molar-refractivity contribution in [2.45, 2.75) is 51.4 Å². The minimum atomic E-state index is 0.477. The Hall–Kier alpha value is -0.420. The number of hydrogen-bond acceptors (Lipinski definition) is 3. The van der Waals surface area contributed by atoms with Crippen molar-refractivity contribution in [3.63, 3.8) is 0 Å². The van der Waals surface area contributed by atoms with Gasteiger partial charge in [0.25, 0.3) is 0 Å². The highest BCUT2D eigenvalue weighted by molar-refractivity contribution is 9.10. The van der Waals surface area contributed by atoms with Crippen molar-refractivity contribution in [2.24, 2.45) is 0 Å². The second-order valence-electron chi connectivity index (χ2n) is 6.08. The summed E-state index contributed by atoms with van der Waals surface area (Å²) in [5.41, 5.74) is 2.73. The summed E-state index contributed by atoms with van der Waals surface area (Å²) in [5.74, 6) is 0. The predicted molar refractivity (Wildman–Crippen MR) is 89.3 cm³/mol. The van der Waals surface area contributed by atoms with Crippen molar-refractivity contribution in [3.8, 4) is 0 Å². The Morgan fingerprint density at radius 2 is 2.29 bits per heavy atom. The molecule has 116 valence electrons. The van der Waals surface area contributed by atoms with Crippen LogP contribution in [0.1, 0.15) is 37.3 Å². The van der Waals surface area contributed by atoms with E-state index in [1.165, 1.54) is 34.9 Å². The lowest BCUT2D eigenvalue weighted by Gasteiger charge is -2.37. The quantitative estimate of drug-likeness (QED) is 0.879. The van der Waals surface area contributed by atoms with Crippen molar-refractivity contribution < 1.29 is 4.74 Å². The van der Waals surface area contributed by atoms with E-state index >= 15 is 0 Å². The second kappa shape index (κ2) is 7.23. The number of fused-ring (bicyclic) bond motifs is 1. The minimum Gasteiger partial charge on any atom is -0.375 e. The summed E-state index contributed by atoms with van der Waals surface area (Å²) >= 11 is 3.75. The van der Waals surface area contributed by atoms with Crippen LogP contribution in [-0.4, -0.2) is 36.7 Å². The van der Waals surface area contributed by atoms with Crippen LogP contribution in [-0.2, 0) is 17.8 Å². The lowest BCUT2D eigenvalue weighted by atomic mass is 10.1. The van der Waals surface area contributed by atoms with Gasteiger partial charge in [-0.2, -0.15) is 0 Å². The summed E-state index contributed by atoms with van der Waals surface area (Å²) in [6, 6.07) is 7.41. The molecule has 0 aromatic heterocycles. The van der Waals surface area contributed by atoms with Crippen LogP contribution in [0.25, 0.3) is 0 Å². The maximum absolute atomic E-state index is 5.90. The van der Waals surface area contributed by atoms with E-state index in [0.717, 1.165) is 32.8 Å². The second-order valence-corrected chi connectivity index (χ2v) is 6.94.